The number of β-amino-alcohol motifs (C(OH)–C–C–N with tert-alkyl or cyclic N) is 1. The standard InChI is InChI=1S/C14H19N3O3/c18-8-10-3-4-17(7-12(10)19)14(20)11-5-15-13(16-6-11)9-1-2-9/h5-6,9-10,12,18-19H,1-4,7-8H2/t10-,12-/m1/s1. The molecule has 2 atom stereocenters. The van der Waals surface area contributed by atoms with E-state index in [1.165, 1.54) is 0 Å². The number of nitrogens with zero attached hydrogens (tertiary/aromatic N) is 3. The SMILES string of the molecule is O=C(c1cnc(C2CC2)nc1)N1CC[C@H](CO)[C@H](O)C1. The highest BCUT2D eigenvalue weighted by molar-refractivity contribution is 5.93. The molecule has 0 bridgehead atoms. The highest BCUT2D eigenvalue weighted by Gasteiger charge is 2.31. The van der Waals surface area contributed by atoms with Crippen LogP contribution >= 0.6 is 0 Å². The Morgan fingerprint density at radius 3 is 2.55 bits per heavy atom. The lowest BCUT2D eigenvalue weighted by Crippen LogP contribution is -2.47. The monoisotopic (exact) mass is 277 g/mol. The Morgan fingerprint density at radius 1 is 1.30 bits per heavy atom. The molecule has 6 heteroatoms. The second-order valence-electron chi connectivity index (χ2n) is 5.65. The average Bonchev–Trinajstić information content (AvgIpc) is 3.31. The number of hydrogen-bond acceptors (Lipinski definition) is 5. The van der Waals surface area contributed by atoms with Crippen molar-refractivity contribution in [1.82, 2.24) is 14.9 Å². The quantitative estimate of drug-likeness (QED) is 0.822. The molecule has 0 spiro atoms. The molecule has 1 aliphatic heterocycles. The molecular formula is C14H19N3O3. The van der Waals surface area contributed by atoms with Crippen molar-refractivity contribution in [2.24, 2.45) is 5.92 Å². The largest absolute Gasteiger partial charge is 0.396 e. The molecule has 0 unspecified atom stereocenters. The number of aliphatic hydroxyl groups is 2. The minimum absolute atomic E-state index is 0.0393. The van der Waals surface area contributed by atoms with E-state index in [1.807, 2.05) is 0 Å². The van der Waals surface area contributed by atoms with Crippen molar-refractivity contribution in [3.05, 3.63) is 23.8 Å². The Hall–Kier alpha value is -1.53. The predicted octanol–water partition coefficient (Wildman–Crippen LogP) is 0.169. The van der Waals surface area contributed by atoms with Crippen LogP contribution in [0.15, 0.2) is 12.4 Å². The molecule has 1 aromatic heterocycles. The van der Waals surface area contributed by atoms with E-state index in [1.54, 1.807) is 17.3 Å². The lowest BCUT2D eigenvalue weighted by molar-refractivity contribution is 0.000840. The first kappa shape index (κ1) is 13.5. The lowest BCUT2D eigenvalue weighted by Gasteiger charge is -2.35. The first-order valence-corrected chi connectivity index (χ1v) is 7.09. The molecule has 2 N–H and O–H groups in total. The van der Waals surface area contributed by atoms with Gasteiger partial charge in [-0.05, 0) is 19.3 Å². The zero-order valence-corrected chi connectivity index (χ0v) is 11.3. The van der Waals surface area contributed by atoms with Crippen molar-refractivity contribution >= 4 is 5.91 Å². The van der Waals surface area contributed by atoms with Crippen LogP contribution in [0.2, 0.25) is 0 Å². The fourth-order valence-electron chi connectivity index (χ4n) is 2.56. The molecule has 20 heavy (non-hydrogen) atoms. The fourth-order valence-corrected chi connectivity index (χ4v) is 2.56. The highest BCUT2D eigenvalue weighted by Crippen LogP contribution is 2.37. The van der Waals surface area contributed by atoms with E-state index in [9.17, 15) is 9.90 Å². The van der Waals surface area contributed by atoms with Gasteiger partial charge in [-0.1, -0.05) is 0 Å². The maximum Gasteiger partial charge on any atom is 0.257 e. The number of carbonyl (C=O) groups excluding carboxylic acids is 1. The van der Waals surface area contributed by atoms with Gasteiger partial charge >= 0.3 is 0 Å². The third-order valence-electron chi connectivity index (χ3n) is 4.10. The summed E-state index contributed by atoms with van der Waals surface area (Å²) in [7, 11) is 0. The van der Waals surface area contributed by atoms with Gasteiger partial charge in [-0.25, -0.2) is 9.97 Å². The maximum atomic E-state index is 12.3. The second-order valence-corrected chi connectivity index (χ2v) is 5.65. The molecule has 108 valence electrons. The summed E-state index contributed by atoms with van der Waals surface area (Å²) in [4.78, 5) is 22.4. The van der Waals surface area contributed by atoms with Gasteiger partial charge in [-0.2, -0.15) is 0 Å². The Bertz CT molecular complexity index is 487. The number of piperidine rings is 1. The van der Waals surface area contributed by atoms with Gasteiger partial charge in [-0.15, -0.1) is 0 Å². The summed E-state index contributed by atoms with van der Waals surface area (Å²) >= 11 is 0. The van der Waals surface area contributed by atoms with Gasteiger partial charge in [0, 0.05) is 43.9 Å². The molecule has 0 radical (unpaired) electrons. The van der Waals surface area contributed by atoms with Gasteiger partial charge in [0.1, 0.15) is 5.82 Å². The van der Waals surface area contributed by atoms with Crippen LogP contribution in [0, 0.1) is 5.92 Å². The molecule has 3 rings (SSSR count). The van der Waals surface area contributed by atoms with E-state index >= 15 is 0 Å². The van der Waals surface area contributed by atoms with Gasteiger partial charge in [0.05, 0.1) is 11.7 Å². The van der Waals surface area contributed by atoms with E-state index in [-0.39, 0.29) is 25.0 Å². The third kappa shape index (κ3) is 2.66. The van der Waals surface area contributed by atoms with Crippen LogP contribution in [-0.4, -0.2) is 56.8 Å². The first-order valence-electron chi connectivity index (χ1n) is 7.09. The third-order valence-corrected chi connectivity index (χ3v) is 4.10. The van der Waals surface area contributed by atoms with Crippen LogP contribution in [0.25, 0.3) is 0 Å². The number of aliphatic hydroxyl groups excluding tert-OH is 2. The van der Waals surface area contributed by atoms with Gasteiger partial charge in [0.15, 0.2) is 0 Å². The number of aromatic nitrogens is 2. The maximum absolute atomic E-state index is 12.3. The molecule has 1 saturated heterocycles. The predicted molar refractivity (Wildman–Crippen MR) is 71.1 cm³/mol. The Balaban J connectivity index is 1.66. The van der Waals surface area contributed by atoms with E-state index in [4.69, 9.17) is 5.11 Å². The Labute approximate surface area is 117 Å². The number of hydrogen-bond donors (Lipinski definition) is 2. The van der Waals surface area contributed by atoms with Crippen molar-refractivity contribution in [3.63, 3.8) is 0 Å². The molecule has 1 saturated carbocycles. The number of rotatable bonds is 3. The van der Waals surface area contributed by atoms with E-state index in [0.29, 0.717) is 24.4 Å². The van der Waals surface area contributed by atoms with Crippen molar-refractivity contribution in [3.8, 4) is 0 Å². The number of amides is 1. The molecule has 0 aromatic carbocycles. The van der Waals surface area contributed by atoms with Crippen LogP contribution in [0.4, 0.5) is 0 Å². The minimum atomic E-state index is -0.663. The summed E-state index contributed by atoms with van der Waals surface area (Å²) in [5.41, 5.74) is 0.462. The van der Waals surface area contributed by atoms with Gasteiger partial charge < -0.3 is 15.1 Å². The first-order chi connectivity index (χ1) is 9.69. The summed E-state index contributed by atoms with van der Waals surface area (Å²) in [6, 6.07) is 0. The Morgan fingerprint density at radius 2 is 2.00 bits per heavy atom. The summed E-state index contributed by atoms with van der Waals surface area (Å²) in [6.45, 7) is 0.766. The average molecular weight is 277 g/mol. The van der Waals surface area contributed by atoms with Crippen molar-refractivity contribution in [2.75, 3.05) is 19.7 Å². The molecule has 2 heterocycles. The van der Waals surface area contributed by atoms with Crippen LogP contribution < -0.4 is 0 Å². The van der Waals surface area contributed by atoms with Crippen molar-refractivity contribution < 1.29 is 15.0 Å². The lowest BCUT2D eigenvalue weighted by atomic mass is 9.94. The molecule has 1 aromatic rings. The smallest absolute Gasteiger partial charge is 0.257 e. The van der Waals surface area contributed by atoms with Crippen LogP contribution in [0.3, 0.4) is 0 Å². The summed E-state index contributed by atoms with van der Waals surface area (Å²) < 4.78 is 0. The van der Waals surface area contributed by atoms with Crippen LogP contribution in [0.1, 0.15) is 41.4 Å². The Kier molecular flexibility index (Phi) is 3.67. The van der Waals surface area contributed by atoms with E-state index < -0.39 is 6.10 Å². The molecule has 1 amide bonds. The topological polar surface area (TPSA) is 86.6 Å². The summed E-state index contributed by atoms with van der Waals surface area (Å²) in [5, 5.41) is 19.0. The molecular weight excluding hydrogens is 258 g/mol. The van der Waals surface area contributed by atoms with Crippen LogP contribution in [-0.2, 0) is 0 Å². The zero-order valence-electron chi connectivity index (χ0n) is 11.3. The molecule has 6 nitrogen and oxygen atoms in total. The molecule has 2 fully saturated rings. The summed E-state index contributed by atoms with van der Waals surface area (Å²) in [5.74, 6) is 1.01. The van der Waals surface area contributed by atoms with Crippen molar-refractivity contribution in [2.45, 2.75) is 31.3 Å². The van der Waals surface area contributed by atoms with Gasteiger partial charge in [-0.3, -0.25) is 4.79 Å². The minimum Gasteiger partial charge on any atom is -0.396 e. The van der Waals surface area contributed by atoms with Gasteiger partial charge in [0.25, 0.3) is 5.91 Å². The van der Waals surface area contributed by atoms with Gasteiger partial charge in [0.2, 0.25) is 0 Å². The normalized spacial score (nSPS) is 26.6. The molecule has 1 aliphatic carbocycles. The second kappa shape index (κ2) is 5.46. The van der Waals surface area contributed by atoms with Crippen LogP contribution in [0.5, 0.6) is 0 Å². The zero-order chi connectivity index (χ0) is 14.1. The molecule has 2 aliphatic rings. The number of carbonyl (C=O) groups is 1. The number of likely N-dealkylation sites (tertiary alicyclic amines) is 1. The highest BCUT2D eigenvalue weighted by atomic mass is 16.3. The van der Waals surface area contributed by atoms with E-state index in [2.05, 4.69) is 9.97 Å². The summed E-state index contributed by atoms with van der Waals surface area (Å²) in [6.07, 6.45) is 5.37. The van der Waals surface area contributed by atoms with E-state index in [0.717, 1.165) is 18.7 Å². The van der Waals surface area contributed by atoms with Crippen molar-refractivity contribution in [1.29, 1.82) is 0 Å². The fraction of sp³-hybridized carbons (Fsp3) is 0.643.